The molecule has 0 saturated carbocycles. The van der Waals surface area contributed by atoms with E-state index in [1.54, 1.807) is 0 Å². The Hall–Kier alpha value is -3.55. The number of methoxy groups -OCH3 is 1. The van der Waals surface area contributed by atoms with E-state index in [0.29, 0.717) is 11.1 Å². The van der Waals surface area contributed by atoms with Crippen LogP contribution < -0.4 is 0 Å². The fourth-order valence-corrected chi connectivity index (χ4v) is 4.96. The number of carbonyl (C=O) groups excluding carboxylic acids is 1. The molecular weight excluding hydrogens is 616 g/mol. The average molecular weight is 655 g/mol. The molecule has 0 spiro atoms. The molecule has 0 aliphatic carbocycles. The lowest BCUT2D eigenvalue weighted by atomic mass is 9.97. The number of aromatic hydroxyl groups is 4. The standard InChI is InChI=1S/C30H38O16/c1-13-23(37)24(38)25(39)30(43-13)46-28-26(40)29(42-12-21(41-2)15-5-7-17(33)19(35)10-15)44-20(11-31)27(28)45-22(36)8-4-14-3-6-16(32)18(34)9-14/h3-10,13,20-21,23-35,37-40H,11-12H2,1-2H3/t13-,20-,21+,23+,24-,25-,26-,27-,28+,29-,30+/m1/s1. The van der Waals surface area contributed by atoms with E-state index in [9.17, 15) is 50.8 Å². The van der Waals surface area contributed by atoms with Crippen LogP contribution in [0.25, 0.3) is 6.08 Å². The zero-order valence-corrected chi connectivity index (χ0v) is 24.8. The Bertz CT molecular complexity index is 1350. The molecular formula is C30H38O16. The lowest BCUT2D eigenvalue weighted by molar-refractivity contribution is -0.358. The van der Waals surface area contributed by atoms with Crippen LogP contribution in [0.1, 0.15) is 24.2 Å². The lowest BCUT2D eigenvalue weighted by Crippen LogP contribution is -2.65. The van der Waals surface area contributed by atoms with Gasteiger partial charge in [0.15, 0.2) is 41.7 Å². The van der Waals surface area contributed by atoms with E-state index >= 15 is 0 Å². The molecule has 46 heavy (non-hydrogen) atoms. The SMILES string of the molecule is CO[C@@H](CO[C@@H]1O[C@H](CO)[C@@H](OC(=O)C=Cc2ccc(O)c(O)c2)[C@@H](O[C@@H]2O[C@H](C)[C@H](O)[C@@H](O)[C@H]2O)[C@H]1O)c1ccc(O)c(O)c1. The fraction of sp³-hybridized carbons (Fsp3) is 0.500. The Balaban J connectivity index is 1.56. The zero-order chi connectivity index (χ0) is 33.7. The first-order valence-electron chi connectivity index (χ1n) is 14.2. The smallest absolute Gasteiger partial charge is 0.331 e. The molecule has 0 amide bonds. The Morgan fingerprint density at radius 2 is 1.52 bits per heavy atom. The van der Waals surface area contributed by atoms with E-state index in [1.165, 1.54) is 56.5 Å². The predicted octanol–water partition coefficient (Wildman–Crippen LogP) is -0.871. The highest BCUT2D eigenvalue weighted by molar-refractivity contribution is 5.87. The number of ether oxygens (including phenoxy) is 6. The summed E-state index contributed by atoms with van der Waals surface area (Å²) < 4.78 is 33.8. The summed E-state index contributed by atoms with van der Waals surface area (Å²) in [6.07, 6.45) is -14.1. The van der Waals surface area contributed by atoms with Gasteiger partial charge in [0, 0.05) is 13.2 Å². The van der Waals surface area contributed by atoms with Gasteiger partial charge in [-0.3, -0.25) is 0 Å². The number of phenolic OH excluding ortho intramolecular Hbond substituents is 4. The number of rotatable bonds is 11. The molecule has 16 heteroatoms. The van der Waals surface area contributed by atoms with Crippen LogP contribution in [0.15, 0.2) is 42.5 Å². The van der Waals surface area contributed by atoms with E-state index in [2.05, 4.69) is 0 Å². The van der Waals surface area contributed by atoms with Crippen molar-refractivity contribution >= 4 is 12.0 Å². The highest BCUT2D eigenvalue weighted by Crippen LogP contribution is 2.33. The normalized spacial score (nSPS) is 32.3. The summed E-state index contributed by atoms with van der Waals surface area (Å²) >= 11 is 0. The van der Waals surface area contributed by atoms with Gasteiger partial charge in [0.2, 0.25) is 0 Å². The third kappa shape index (κ3) is 8.05. The molecule has 2 aromatic rings. The van der Waals surface area contributed by atoms with Gasteiger partial charge in [0.05, 0.1) is 19.3 Å². The second-order valence-electron chi connectivity index (χ2n) is 10.8. The second-order valence-corrected chi connectivity index (χ2v) is 10.8. The van der Waals surface area contributed by atoms with Crippen LogP contribution in [-0.2, 0) is 33.2 Å². The van der Waals surface area contributed by atoms with Crippen molar-refractivity contribution in [2.75, 3.05) is 20.3 Å². The molecule has 2 aliphatic rings. The maximum Gasteiger partial charge on any atom is 0.331 e. The van der Waals surface area contributed by atoms with Gasteiger partial charge < -0.3 is 74.4 Å². The average Bonchev–Trinajstić information content (AvgIpc) is 3.03. The summed E-state index contributed by atoms with van der Waals surface area (Å²) in [5, 5.41) is 91.2. The summed E-state index contributed by atoms with van der Waals surface area (Å²) in [7, 11) is 1.35. The van der Waals surface area contributed by atoms with Crippen molar-refractivity contribution in [1.29, 1.82) is 0 Å². The van der Waals surface area contributed by atoms with Gasteiger partial charge in [-0.15, -0.1) is 0 Å². The number of esters is 1. The van der Waals surface area contributed by atoms with Crippen LogP contribution >= 0.6 is 0 Å². The van der Waals surface area contributed by atoms with Gasteiger partial charge in [-0.2, -0.15) is 0 Å². The zero-order valence-electron chi connectivity index (χ0n) is 24.8. The van der Waals surface area contributed by atoms with Gasteiger partial charge in [-0.25, -0.2) is 4.79 Å². The third-order valence-electron chi connectivity index (χ3n) is 7.63. The molecule has 0 radical (unpaired) electrons. The predicted molar refractivity (Wildman–Crippen MR) is 153 cm³/mol. The minimum Gasteiger partial charge on any atom is -0.504 e. The summed E-state index contributed by atoms with van der Waals surface area (Å²) in [6.45, 7) is 0.351. The molecule has 4 rings (SSSR count). The van der Waals surface area contributed by atoms with Crippen LogP contribution in [-0.4, -0.2) is 134 Å². The van der Waals surface area contributed by atoms with Crippen molar-refractivity contribution in [3.63, 3.8) is 0 Å². The molecule has 2 saturated heterocycles. The van der Waals surface area contributed by atoms with Crippen molar-refractivity contribution in [3.05, 3.63) is 53.6 Å². The summed E-state index contributed by atoms with van der Waals surface area (Å²) in [6, 6.07) is 7.77. The Morgan fingerprint density at radius 1 is 0.848 bits per heavy atom. The molecule has 11 atom stereocenters. The molecule has 2 aromatic carbocycles. The van der Waals surface area contributed by atoms with Crippen molar-refractivity contribution < 1.29 is 79.2 Å². The second kappa shape index (κ2) is 15.4. The van der Waals surface area contributed by atoms with Crippen LogP contribution in [0.5, 0.6) is 23.0 Å². The minimum atomic E-state index is -1.80. The number of hydrogen-bond donors (Lipinski definition) is 9. The minimum absolute atomic E-state index is 0.287. The largest absolute Gasteiger partial charge is 0.504 e. The fourth-order valence-electron chi connectivity index (χ4n) is 4.96. The first-order valence-corrected chi connectivity index (χ1v) is 14.2. The molecule has 16 nitrogen and oxygen atoms in total. The molecule has 2 fully saturated rings. The highest BCUT2D eigenvalue weighted by Gasteiger charge is 2.52. The van der Waals surface area contributed by atoms with Gasteiger partial charge in [-0.05, 0) is 48.4 Å². The Labute approximate surface area is 262 Å². The molecule has 2 aliphatic heterocycles. The Morgan fingerprint density at radius 3 is 2.15 bits per heavy atom. The van der Waals surface area contributed by atoms with Gasteiger partial charge in [0.25, 0.3) is 0 Å². The number of benzene rings is 2. The third-order valence-corrected chi connectivity index (χ3v) is 7.63. The van der Waals surface area contributed by atoms with Crippen LogP contribution in [0.4, 0.5) is 0 Å². The van der Waals surface area contributed by atoms with Crippen LogP contribution in [0.2, 0.25) is 0 Å². The van der Waals surface area contributed by atoms with Crippen molar-refractivity contribution in [3.8, 4) is 23.0 Å². The molecule has 0 unspecified atom stereocenters. The van der Waals surface area contributed by atoms with E-state index in [-0.39, 0.29) is 18.1 Å². The topological polar surface area (TPSA) is 255 Å². The summed E-state index contributed by atoms with van der Waals surface area (Å²) in [4.78, 5) is 12.9. The van der Waals surface area contributed by atoms with Crippen molar-refractivity contribution in [1.82, 2.24) is 0 Å². The molecule has 0 aromatic heterocycles. The van der Waals surface area contributed by atoms with Crippen LogP contribution in [0.3, 0.4) is 0 Å². The van der Waals surface area contributed by atoms with E-state index in [0.717, 1.165) is 6.08 Å². The number of hydrogen-bond acceptors (Lipinski definition) is 16. The van der Waals surface area contributed by atoms with E-state index < -0.39 is 91.6 Å². The van der Waals surface area contributed by atoms with Crippen molar-refractivity contribution in [2.45, 2.75) is 74.4 Å². The van der Waals surface area contributed by atoms with Gasteiger partial charge in [0.1, 0.15) is 42.7 Å². The number of carbonyl (C=O) groups is 1. The highest BCUT2D eigenvalue weighted by atomic mass is 16.7. The monoisotopic (exact) mass is 654 g/mol. The van der Waals surface area contributed by atoms with E-state index in [4.69, 9.17) is 28.4 Å². The van der Waals surface area contributed by atoms with Crippen LogP contribution in [0, 0.1) is 0 Å². The first kappa shape index (κ1) is 35.3. The maximum absolute atomic E-state index is 12.9. The van der Waals surface area contributed by atoms with Crippen molar-refractivity contribution in [2.24, 2.45) is 0 Å². The molecule has 9 N–H and O–H groups in total. The molecule has 2 heterocycles. The first-order chi connectivity index (χ1) is 21.8. The quantitative estimate of drug-likeness (QED) is 0.0811. The van der Waals surface area contributed by atoms with Gasteiger partial charge in [-0.1, -0.05) is 12.1 Å². The van der Waals surface area contributed by atoms with Gasteiger partial charge >= 0.3 is 5.97 Å². The molecule has 254 valence electrons. The molecule has 0 bridgehead atoms. The number of aliphatic hydroxyl groups excluding tert-OH is 5. The summed E-state index contributed by atoms with van der Waals surface area (Å²) in [5.41, 5.74) is 0.720. The summed E-state index contributed by atoms with van der Waals surface area (Å²) in [5.74, 6) is -2.56. The lowest BCUT2D eigenvalue weighted by Gasteiger charge is -2.46. The number of phenols is 4. The Kier molecular flexibility index (Phi) is 11.8. The number of aliphatic hydroxyl groups is 5. The van der Waals surface area contributed by atoms with E-state index in [1.807, 2.05) is 0 Å². The maximum atomic E-state index is 12.9.